The summed E-state index contributed by atoms with van der Waals surface area (Å²) in [5.41, 5.74) is 4.68. The van der Waals surface area contributed by atoms with Gasteiger partial charge in [-0.15, -0.1) is 0 Å². The number of benzene rings is 1. The molecule has 33 heavy (non-hydrogen) atoms. The van der Waals surface area contributed by atoms with Crippen molar-refractivity contribution in [3.05, 3.63) is 71.2 Å². The molecule has 6 nitrogen and oxygen atoms in total. The highest BCUT2D eigenvalue weighted by atomic mass is 16.2. The second-order valence-corrected chi connectivity index (χ2v) is 9.63. The minimum absolute atomic E-state index is 0.0160. The lowest BCUT2D eigenvalue weighted by Gasteiger charge is -2.20. The van der Waals surface area contributed by atoms with E-state index in [0.29, 0.717) is 30.7 Å². The average molecular weight is 448 g/mol. The number of likely N-dealkylation sites (tertiary alicyclic amines) is 1. The molecule has 3 aromatic rings. The standard InChI is InChI=1S/C27H37N5O/c1-20(2)31-16-13-23(19-31)17-28-18-24-25(29-26-21(3)9-8-14-32(24)26)27(33)30(4)15-12-22-10-6-5-7-11-22/h5-11,14,20,23,28H,12-13,15-19H2,1-4H3/t23-/m0/s1. The van der Waals surface area contributed by atoms with Crippen LogP contribution in [-0.4, -0.2) is 64.4 Å². The zero-order valence-corrected chi connectivity index (χ0v) is 20.4. The van der Waals surface area contributed by atoms with E-state index >= 15 is 0 Å². The van der Waals surface area contributed by atoms with Crippen LogP contribution in [0.15, 0.2) is 48.7 Å². The first kappa shape index (κ1) is 23.5. The number of hydrogen-bond donors (Lipinski definition) is 1. The second-order valence-electron chi connectivity index (χ2n) is 9.63. The maximum Gasteiger partial charge on any atom is 0.274 e. The Morgan fingerprint density at radius 1 is 1.21 bits per heavy atom. The zero-order valence-electron chi connectivity index (χ0n) is 20.4. The molecule has 1 fully saturated rings. The molecule has 1 aromatic carbocycles. The lowest BCUT2D eigenvalue weighted by Crippen LogP contribution is -2.32. The number of aryl methyl sites for hydroxylation is 1. The molecule has 1 saturated heterocycles. The van der Waals surface area contributed by atoms with Crippen LogP contribution in [0.3, 0.4) is 0 Å². The summed E-state index contributed by atoms with van der Waals surface area (Å²) in [6.07, 6.45) is 4.08. The van der Waals surface area contributed by atoms with Crippen LogP contribution in [0, 0.1) is 12.8 Å². The minimum Gasteiger partial charge on any atom is -0.340 e. The first-order chi connectivity index (χ1) is 15.9. The predicted molar refractivity (Wildman–Crippen MR) is 134 cm³/mol. The lowest BCUT2D eigenvalue weighted by molar-refractivity contribution is 0.0790. The summed E-state index contributed by atoms with van der Waals surface area (Å²) in [6, 6.07) is 15.0. The monoisotopic (exact) mass is 447 g/mol. The molecule has 0 unspecified atom stereocenters. The molecule has 1 N–H and O–H groups in total. The fourth-order valence-corrected chi connectivity index (χ4v) is 4.71. The molecule has 1 aliphatic rings. The molecule has 0 radical (unpaired) electrons. The molecule has 4 rings (SSSR count). The van der Waals surface area contributed by atoms with Crippen LogP contribution in [0.25, 0.3) is 5.65 Å². The van der Waals surface area contributed by atoms with Gasteiger partial charge in [-0.1, -0.05) is 36.4 Å². The third-order valence-corrected chi connectivity index (χ3v) is 6.85. The summed E-state index contributed by atoms with van der Waals surface area (Å²) >= 11 is 0. The molecule has 2 aromatic heterocycles. The van der Waals surface area contributed by atoms with Gasteiger partial charge < -0.3 is 19.5 Å². The largest absolute Gasteiger partial charge is 0.340 e. The van der Waals surface area contributed by atoms with Crippen molar-refractivity contribution in [2.45, 2.75) is 46.2 Å². The minimum atomic E-state index is -0.0160. The number of likely N-dealkylation sites (N-methyl/N-ethyl adjacent to an activating group) is 1. The van der Waals surface area contributed by atoms with Gasteiger partial charge in [-0.25, -0.2) is 4.98 Å². The van der Waals surface area contributed by atoms with Gasteiger partial charge in [0.1, 0.15) is 5.65 Å². The number of fused-ring (bicyclic) bond motifs is 1. The van der Waals surface area contributed by atoms with Gasteiger partial charge in [-0.05, 0) is 69.8 Å². The fourth-order valence-electron chi connectivity index (χ4n) is 4.71. The Morgan fingerprint density at radius 2 is 2.00 bits per heavy atom. The Labute approximate surface area is 197 Å². The summed E-state index contributed by atoms with van der Waals surface area (Å²) in [6.45, 7) is 11.2. The normalized spacial score (nSPS) is 16.7. The van der Waals surface area contributed by atoms with Crippen molar-refractivity contribution in [2.24, 2.45) is 5.92 Å². The predicted octanol–water partition coefficient (Wildman–Crippen LogP) is 3.78. The Hall–Kier alpha value is -2.70. The summed E-state index contributed by atoms with van der Waals surface area (Å²) in [5.74, 6) is 0.638. The van der Waals surface area contributed by atoms with E-state index in [0.717, 1.165) is 36.4 Å². The van der Waals surface area contributed by atoms with Gasteiger partial charge in [0.05, 0.1) is 5.69 Å². The Bertz CT molecular complexity index is 1070. The molecule has 1 atom stereocenters. The van der Waals surface area contributed by atoms with Gasteiger partial charge in [0.25, 0.3) is 5.91 Å². The molecule has 0 spiro atoms. The van der Waals surface area contributed by atoms with Crippen LogP contribution >= 0.6 is 0 Å². The van der Waals surface area contributed by atoms with Crippen LogP contribution in [0.2, 0.25) is 0 Å². The maximum atomic E-state index is 13.4. The highest BCUT2D eigenvalue weighted by Gasteiger charge is 2.25. The van der Waals surface area contributed by atoms with Crippen molar-refractivity contribution in [1.29, 1.82) is 0 Å². The van der Waals surface area contributed by atoms with E-state index in [2.05, 4.69) is 40.6 Å². The van der Waals surface area contributed by atoms with Gasteiger partial charge >= 0.3 is 0 Å². The number of nitrogens with one attached hydrogen (secondary N) is 1. The van der Waals surface area contributed by atoms with Crippen LogP contribution in [0.1, 0.15) is 47.6 Å². The fraction of sp³-hybridized carbons (Fsp3) is 0.481. The quantitative estimate of drug-likeness (QED) is 0.542. The zero-order chi connectivity index (χ0) is 23.4. The van der Waals surface area contributed by atoms with E-state index in [1.54, 1.807) is 4.90 Å². The van der Waals surface area contributed by atoms with Crippen molar-refractivity contribution in [1.82, 2.24) is 24.5 Å². The highest BCUT2D eigenvalue weighted by Crippen LogP contribution is 2.20. The number of rotatable bonds is 9. The molecule has 6 heteroatoms. The number of pyridine rings is 1. The first-order valence-electron chi connectivity index (χ1n) is 12.1. The van der Waals surface area contributed by atoms with Gasteiger partial charge in [0.15, 0.2) is 5.69 Å². The van der Waals surface area contributed by atoms with Crippen LogP contribution in [0.5, 0.6) is 0 Å². The van der Waals surface area contributed by atoms with Gasteiger partial charge in [-0.3, -0.25) is 4.79 Å². The summed E-state index contributed by atoms with van der Waals surface area (Å²) < 4.78 is 2.08. The van der Waals surface area contributed by atoms with E-state index in [1.165, 1.54) is 18.5 Å². The smallest absolute Gasteiger partial charge is 0.274 e. The number of imidazole rings is 1. The van der Waals surface area contributed by atoms with Gasteiger partial charge in [-0.2, -0.15) is 0 Å². The van der Waals surface area contributed by atoms with Crippen molar-refractivity contribution >= 4 is 11.6 Å². The molecule has 1 amide bonds. The summed E-state index contributed by atoms with van der Waals surface area (Å²) in [4.78, 5) is 22.6. The van der Waals surface area contributed by atoms with Crippen LogP contribution in [-0.2, 0) is 13.0 Å². The lowest BCUT2D eigenvalue weighted by atomic mass is 10.1. The van der Waals surface area contributed by atoms with Crippen molar-refractivity contribution in [3.63, 3.8) is 0 Å². The Morgan fingerprint density at radius 3 is 2.73 bits per heavy atom. The van der Waals surface area contributed by atoms with E-state index in [4.69, 9.17) is 4.98 Å². The molecular formula is C27H37N5O. The number of nitrogens with zero attached hydrogens (tertiary/aromatic N) is 4. The van der Waals surface area contributed by atoms with E-state index in [9.17, 15) is 4.79 Å². The SMILES string of the molecule is Cc1cccn2c(CNC[C@@H]3CCN(C(C)C)C3)c(C(=O)N(C)CCc3ccccc3)nc12. The number of carbonyl (C=O) groups is 1. The van der Waals surface area contributed by atoms with Crippen LogP contribution in [0.4, 0.5) is 0 Å². The Balaban J connectivity index is 1.47. The van der Waals surface area contributed by atoms with Gasteiger partial charge in [0.2, 0.25) is 0 Å². The molecule has 0 bridgehead atoms. The third-order valence-electron chi connectivity index (χ3n) is 6.85. The van der Waals surface area contributed by atoms with Gasteiger partial charge in [0, 0.05) is 38.9 Å². The first-order valence-corrected chi connectivity index (χ1v) is 12.1. The highest BCUT2D eigenvalue weighted by molar-refractivity contribution is 5.94. The number of amides is 1. The second kappa shape index (κ2) is 10.5. The van der Waals surface area contributed by atoms with E-state index < -0.39 is 0 Å². The summed E-state index contributed by atoms with van der Waals surface area (Å²) in [7, 11) is 1.87. The molecule has 3 heterocycles. The van der Waals surface area contributed by atoms with Crippen LogP contribution < -0.4 is 5.32 Å². The molecule has 1 aliphatic heterocycles. The Kier molecular flexibility index (Phi) is 7.46. The third kappa shape index (κ3) is 5.45. The molecule has 0 saturated carbocycles. The molecule has 0 aliphatic carbocycles. The molecule has 176 valence electrons. The van der Waals surface area contributed by atoms with Crippen molar-refractivity contribution < 1.29 is 4.79 Å². The van der Waals surface area contributed by atoms with E-state index in [-0.39, 0.29) is 5.91 Å². The number of hydrogen-bond acceptors (Lipinski definition) is 4. The topological polar surface area (TPSA) is 52.9 Å². The molecular weight excluding hydrogens is 410 g/mol. The number of carbonyl (C=O) groups excluding carboxylic acids is 1. The van der Waals surface area contributed by atoms with Crippen molar-refractivity contribution in [3.8, 4) is 0 Å². The average Bonchev–Trinajstić information content (AvgIpc) is 3.44. The van der Waals surface area contributed by atoms with E-state index in [1.807, 2.05) is 50.5 Å². The number of aromatic nitrogens is 2. The maximum absolute atomic E-state index is 13.4. The summed E-state index contributed by atoms with van der Waals surface area (Å²) in [5, 5.41) is 3.63. The van der Waals surface area contributed by atoms with Crippen molar-refractivity contribution in [2.75, 3.05) is 33.2 Å².